The monoisotopic (exact) mass is 393 g/mol. The van der Waals surface area contributed by atoms with Crippen LogP contribution in [0.2, 0.25) is 0 Å². The quantitative estimate of drug-likeness (QED) is 0.541. The summed E-state index contributed by atoms with van der Waals surface area (Å²) < 4.78 is 29.0. The molecule has 6 nitrogen and oxygen atoms in total. The average Bonchev–Trinajstić information content (AvgIpc) is 3.10. The molecule has 8 heteroatoms. The van der Waals surface area contributed by atoms with Crippen LogP contribution in [0.5, 0.6) is 5.75 Å². The SMILES string of the molecule is Nc1ncnc2c1c(-c1ccc(F)c(O)c1)nn2C1CCc2ccc(F)cc2C1. The zero-order chi connectivity index (χ0) is 20.1. The lowest BCUT2D eigenvalue weighted by Crippen LogP contribution is -2.20. The Balaban J connectivity index is 1.66. The maximum Gasteiger partial charge on any atom is 0.164 e. The van der Waals surface area contributed by atoms with Crippen LogP contribution in [0.25, 0.3) is 22.3 Å². The van der Waals surface area contributed by atoms with E-state index in [2.05, 4.69) is 9.97 Å². The maximum atomic E-state index is 13.7. The minimum absolute atomic E-state index is 0.0381. The standard InChI is InChI=1S/C21H17F2N5O/c22-14-4-1-11-2-5-15(8-13(11)7-14)28-21-18(20(24)25-10-26-21)19(27-28)12-3-6-16(23)17(29)9-12/h1,3-4,6-7,9-10,15,29H,2,5,8H2,(H2,24,25,26). The van der Waals surface area contributed by atoms with Crippen molar-refractivity contribution in [3.8, 4) is 17.0 Å². The average molecular weight is 393 g/mol. The Morgan fingerprint density at radius 2 is 1.93 bits per heavy atom. The molecule has 5 rings (SSSR count). The third kappa shape index (κ3) is 2.88. The minimum atomic E-state index is -0.715. The van der Waals surface area contributed by atoms with Crippen LogP contribution in [0.3, 0.4) is 0 Å². The van der Waals surface area contributed by atoms with E-state index in [1.165, 1.54) is 30.6 Å². The molecule has 1 aliphatic rings. The molecule has 2 aromatic carbocycles. The van der Waals surface area contributed by atoms with Crippen molar-refractivity contribution in [3.05, 3.63) is 65.5 Å². The van der Waals surface area contributed by atoms with Crippen molar-refractivity contribution in [2.45, 2.75) is 25.3 Å². The molecular weight excluding hydrogens is 376 g/mol. The highest BCUT2D eigenvalue weighted by atomic mass is 19.1. The molecule has 1 unspecified atom stereocenters. The van der Waals surface area contributed by atoms with Gasteiger partial charge < -0.3 is 10.8 Å². The van der Waals surface area contributed by atoms with Crippen molar-refractivity contribution in [3.63, 3.8) is 0 Å². The molecule has 2 aromatic heterocycles. The summed E-state index contributed by atoms with van der Waals surface area (Å²) in [5, 5.41) is 15.0. The second-order valence-electron chi connectivity index (χ2n) is 7.23. The van der Waals surface area contributed by atoms with Gasteiger partial charge in [0.05, 0.1) is 11.4 Å². The van der Waals surface area contributed by atoms with Gasteiger partial charge in [-0.2, -0.15) is 5.10 Å². The van der Waals surface area contributed by atoms with E-state index < -0.39 is 11.6 Å². The van der Waals surface area contributed by atoms with E-state index in [0.717, 1.165) is 24.0 Å². The second-order valence-corrected chi connectivity index (χ2v) is 7.23. The van der Waals surface area contributed by atoms with Gasteiger partial charge in [-0.05, 0) is 60.7 Å². The lowest BCUT2D eigenvalue weighted by Gasteiger charge is -2.25. The van der Waals surface area contributed by atoms with Crippen LogP contribution in [0.15, 0.2) is 42.7 Å². The first kappa shape index (κ1) is 17.5. The summed E-state index contributed by atoms with van der Waals surface area (Å²) in [6.45, 7) is 0. The van der Waals surface area contributed by atoms with Crippen molar-refractivity contribution < 1.29 is 13.9 Å². The number of aromatic nitrogens is 4. The summed E-state index contributed by atoms with van der Waals surface area (Å²) in [5.41, 5.74) is 9.74. The van der Waals surface area contributed by atoms with Crippen molar-refractivity contribution in [2.75, 3.05) is 5.73 Å². The van der Waals surface area contributed by atoms with Gasteiger partial charge in [-0.15, -0.1) is 0 Å². The zero-order valence-corrected chi connectivity index (χ0v) is 15.3. The molecule has 1 aliphatic carbocycles. The van der Waals surface area contributed by atoms with Gasteiger partial charge in [0.1, 0.15) is 23.7 Å². The van der Waals surface area contributed by atoms with Crippen molar-refractivity contribution >= 4 is 16.9 Å². The third-order valence-electron chi connectivity index (χ3n) is 5.45. The number of halogens is 2. The second kappa shape index (κ2) is 6.51. The van der Waals surface area contributed by atoms with Gasteiger partial charge in [0, 0.05) is 5.56 Å². The summed E-state index contributed by atoms with van der Waals surface area (Å²) >= 11 is 0. The number of phenols is 1. The fourth-order valence-electron chi connectivity index (χ4n) is 4.03. The summed E-state index contributed by atoms with van der Waals surface area (Å²) in [7, 11) is 0. The number of fused-ring (bicyclic) bond motifs is 2. The Morgan fingerprint density at radius 3 is 2.76 bits per heavy atom. The van der Waals surface area contributed by atoms with E-state index in [0.29, 0.717) is 28.7 Å². The van der Waals surface area contributed by atoms with Gasteiger partial charge in [0.25, 0.3) is 0 Å². The fraction of sp³-hybridized carbons (Fsp3) is 0.190. The van der Waals surface area contributed by atoms with E-state index in [1.807, 2.05) is 6.07 Å². The molecule has 0 saturated heterocycles. The number of nitrogen functional groups attached to an aromatic ring is 1. The van der Waals surface area contributed by atoms with Crippen LogP contribution < -0.4 is 5.73 Å². The van der Waals surface area contributed by atoms with Gasteiger partial charge in [-0.25, -0.2) is 23.4 Å². The fourth-order valence-corrected chi connectivity index (χ4v) is 4.03. The molecule has 3 N–H and O–H groups in total. The largest absolute Gasteiger partial charge is 0.505 e. The van der Waals surface area contributed by atoms with E-state index in [-0.39, 0.29) is 17.7 Å². The predicted octanol–water partition coefficient (Wildman–Crippen LogP) is 3.79. The van der Waals surface area contributed by atoms with Crippen LogP contribution in [-0.2, 0) is 12.8 Å². The number of benzene rings is 2. The van der Waals surface area contributed by atoms with E-state index in [4.69, 9.17) is 10.8 Å². The number of aromatic hydroxyl groups is 1. The van der Waals surface area contributed by atoms with Gasteiger partial charge in [-0.3, -0.25) is 0 Å². The van der Waals surface area contributed by atoms with Crippen LogP contribution in [0.1, 0.15) is 23.6 Å². The smallest absolute Gasteiger partial charge is 0.164 e. The Labute approximate surface area is 164 Å². The third-order valence-corrected chi connectivity index (χ3v) is 5.45. The van der Waals surface area contributed by atoms with E-state index in [1.54, 1.807) is 10.7 Å². The highest BCUT2D eigenvalue weighted by Gasteiger charge is 2.26. The van der Waals surface area contributed by atoms with Crippen LogP contribution in [-0.4, -0.2) is 24.9 Å². The topological polar surface area (TPSA) is 89.8 Å². The lowest BCUT2D eigenvalue weighted by atomic mass is 9.88. The van der Waals surface area contributed by atoms with Crippen molar-refractivity contribution in [1.29, 1.82) is 0 Å². The lowest BCUT2D eigenvalue weighted by molar-refractivity contribution is 0.413. The molecule has 2 heterocycles. The number of nitrogens with two attached hydrogens (primary N) is 1. The highest BCUT2D eigenvalue weighted by molar-refractivity contribution is 5.98. The molecule has 4 aromatic rings. The van der Waals surface area contributed by atoms with Crippen LogP contribution >= 0.6 is 0 Å². The number of phenolic OH excluding ortho intramolecular Hbond substituents is 1. The molecule has 0 aliphatic heterocycles. The van der Waals surface area contributed by atoms with Gasteiger partial charge in [0.15, 0.2) is 17.2 Å². The molecule has 0 amide bonds. The molecule has 0 radical (unpaired) electrons. The number of hydrogen-bond acceptors (Lipinski definition) is 5. The Hall–Kier alpha value is -3.55. The Morgan fingerprint density at radius 1 is 1.07 bits per heavy atom. The van der Waals surface area contributed by atoms with Crippen molar-refractivity contribution in [1.82, 2.24) is 19.7 Å². The molecule has 29 heavy (non-hydrogen) atoms. The Bertz CT molecular complexity index is 1250. The highest BCUT2D eigenvalue weighted by Crippen LogP contribution is 2.36. The summed E-state index contributed by atoms with van der Waals surface area (Å²) in [6, 6.07) is 8.84. The molecule has 0 bridgehead atoms. The van der Waals surface area contributed by atoms with Crippen LogP contribution in [0, 0.1) is 11.6 Å². The molecule has 0 spiro atoms. The van der Waals surface area contributed by atoms with Gasteiger partial charge in [0.2, 0.25) is 0 Å². The summed E-state index contributed by atoms with van der Waals surface area (Å²) in [4.78, 5) is 8.44. The Kier molecular flexibility index (Phi) is 3.94. The normalized spacial score (nSPS) is 16.1. The number of aryl methyl sites for hydroxylation is 1. The predicted molar refractivity (Wildman–Crippen MR) is 104 cm³/mol. The first-order valence-corrected chi connectivity index (χ1v) is 9.26. The molecule has 1 atom stereocenters. The minimum Gasteiger partial charge on any atom is -0.505 e. The van der Waals surface area contributed by atoms with E-state index >= 15 is 0 Å². The molecular formula is C21H17F2N5O. The number of nitrogens with zero attached hydrogens (tertiary/aromatic N) is 4. The number of hydrogen-bond donors (Lipinski definition) is 2. The maximum absolute atomic E-state index is 13.7. The van der Waals surface area contributed by atoms with E-state index in [9.17, 15) is 13.9 Å². The van der Waals surface area contributed by atoms with Crippen LogP contribution in [0.4, 0.5) is 14.6 Å². The molecule has 0 fully saturated rings. The number of rotatable bonds is 2. The van der Waals surface area contributed by atoms with Gasteiger partial charge in [-0.1, -0.05) is 6.07 Å². The summed E-state index contributed by atoms with van der Waals surface area (Å²) in [5.74, 6) is -1.19. The first-order chi connectivity index (χ1) is 14.0. The number of anilines is 1. The van der Waals surface area contributed by atoms with Crippen molar-refractivity contribution in [2.24, 2.45) is 0 Å². The molecule has 0 saturated carbocycles. The first-order valence-electron chi connectivity index (χ1n) is 9.26. The van der Waals surface area contributed by atoms with Gasteiger partial charge >= 0.3 is 0 Å². The summed E-state index contributed by atoms with van der Waals surface area (Å²) in [6.07, 6.45) is 3.60. The zero-order valence-electron chi connectivity index (χ0n) is 15.3. The molecule has 146 valence electrons.